The van der Waals surface area contributed by atoms with Crippen LogP contribution in [0.4, 0.5) is 0 Å². The summed E-state index contributed by atoms with van der Waals surface area (Å²) in [7, 11) is 1.70. The molecule has 2 aliphatic heterocycles. The lowest BCUT2D eigenvalue weighted by Gasteiger charge is -2.19. The molecule has 0 bridgehead atoms. The quantitative estimate of drug-likeness (QED) is 0.566. The van der Waals surface area contributed by atoms with Crippen molar-refractivity contribution >= 4 is 23.6 Å². The maximum Gasteiger partial charge on any atom is 0.333 e. The molecule has 1 amide bonds. The van der Waals surface area contributed by atoms with Crippen molar-refractivity contribution in [3.05, 3.63) is 11.1 Å². The number of nitrogens with zero attached hydrogens (tertiary/aromatic N) is 2. The van der Waals surface area contributed by atoms with Crippen LogP contribution in [0.25, 0.3) is 0 Å². The molecule has 1 unspecified atom stereocenters. The lowest BCUT2D eigenvalue weighted by atomic mass is 10.4. The summed E-state index contributed by atoms with van der Waals surface area (Å²) in [6.07, 6.45) is 3.69. The van der Waals surface area contributed by atoms with E-state index < -0.39 is 0 Å². The summed E-state index contributed by atoms with van der Waals surface area (Å²) in [5.74, 6) is -0.334. The first-order chi connectivity index (χ1) is 8.63. The minimum atomic E-state index is -0.387. The Kier molecular flexibility index (Phi) is 4.29. The zero-order valence-corrected chi connectivity index (χ0v) is 11.5. The molecule has 100 valence electrons. The van der Waals surface area contributed by atoms with Crippen molar-refractivity contribution in [1.29, 1.82) is 0 Å². The van der Waals surface area contributed by atoms with Gasteiger partial charge in [-0.1, -0.05) is 11.8 Å². The van der Waals surface area contributed by atoms with Crippen molar-refractivity contribution in [2.24, 2.45) is 0 Å². The average Bonchev–Trinajstić information content (AvgIpc) is 2.93. The molecule has 2 rings (SSSR count). The zero-order valence-electron chi connectivity index (χ0n) is 10.7. The van der Waals surface area contributed by atoms with Gasteiger partial charge in [0.2, 0.25) is 0 Å². The molecule has 6 heteroatoms. The average molecular weight is 270 g/mol. The van der Waals surface area contributed by atoms with E-state index >= 15 is 0 Å². The smallest absolute Gasteiger partial charge is 0.333 e. The number of esters is 1. The molecule has 5 nitrogen and oxygen atoms in total. The number of carbonyl (C=O) groups is 2. The summed E-state index contributed by atoms with van der Waals surface area (Å²) in [5.41, 5.74) is 0. The highest BCUT2D eigenvalue weighted by molar-refractivity contribution is 8.04. The number of thioether (sulfide) groups is 1. The number of amides is 1. The molecular formula is C12H18N2O3S. The third-order valence-electron chi connectivity index (χ3n) is 3.11. The molecule has 0 aromatic carbocycles. The third kappa shape index (κ3) is 2.70. The van der Waals surface area contributed by atoms with Crippen molar-refractivity contribution in [2.75, 3.05) is 26.7 Å². The molecule has 2 fully saturated rings. The van der Waals surface area contributed by atoms with E-state index in [9.17, 15) is 9.59 Å². The lowest BCUT2D eigenvalue weighted by molar-refractivity contribution is -0.137. The van der Waals surface area contributed by atoms with Gasteiger partial charge in [-0.05, 0) is 32.9 Å². The lowest BCUT2D eigenvalue weighted by Crippen LogP contribution is -2.37. The summed E-state index contributed by atoms with van der Waals surface area (Å²) in [4.78, 5) is 27.3. The van der Waals surface area contributed by atoms with Gasteiger partial charge in [0.25, 0.3) is 5.91 Å². The SMILES string of the molecule is CCOC(=O)/C=C1/SC(N2CCCC2)C(=O)N1C. The number of ether oxygens (including phenoxy) is 1. The Bertz CT molecular complexity index is 378. The molecule has 0 spiro atoms. The van der Waals surface area contributed by atoms with Gasteiger partial charge in [-0.2, -0.15) is 0 Å². The molecule has 1 atom stereocenters. The van der Waals surface area contributed by atoms with Crippen molar-refractivity contribution in [3.8, 4) is 0 Å². The number of rotatable bonds is 3. The van der Waals surface area contributed by atoms with Crippen LogP contribution in [-0.4, -0.2) is 53.8 Å². The molecular weight excluding hydrogens is 252 g/mol. The number of likely N-dealkylation sites (tertiary alicyclic amines) is 1. The summed E-state index contributed by atoms with van der Waals surface area (Å²) in [6, 6.07) is 0. The van der Waals surface area contributed by atoms with Gasteiger partial charge in [-0.25, -0.2) is 4.79 Å². The van der Waals surface area contributed by atoms with E-state index in [2.05, 4.69) is 4.90 Å². The third-order valence-corrected chi connectivity index (χ3v) is 4.46. The van der Waals surface area contributed by atoms with E-state index in [1.807, 2.05) is 0 Å². The van der Waals surface area contributed by atoms with Crippen LogP contribution >= 0.6 is 11.8 Å². The Morgan fingerprint density at radius 2 is 2.17 bits per heavy atom. The van der Waals surface area contributed by atoms with Gasteiger partial charge in [0.05, 0.1) is 17.7 Å². The molecule has 0 N–H and O–H groups in total. The van der Waals surface area contributed by atoms with Crippen molar-refractivity contribution in [1.82, 2.24) is 9.80 Å². The van der Waals surface area contributed by atoms with Gasteiger partial charge in [0.15, 0.2) is 0 Å². The van der Waals surface area contributed by atoms with E-state index in [0.29, 0.717) is 11.6 Å². The van der Waals surface area contributed by atoms with E-state index in [1.165, 1.54) is 17.8 Å². The first-order valence-electron chi connectivity index (χ1n) is 6.20. The molecule has 18 heavy (non-hydrogen) atoms. The molecule has 2 aliphatic rings. The predicted octanol–water partition coefficient (Wildman–Crippen LogP) is 1.02. The first kappa shape index (κ1) is 13.4. The number of carbonyl (C=O) groups excluding carboxylic acids is 2. The summed E-state index contributed by atoms with van der Waals surface area (Å²) >= 11 is 1.44. The van der Waals surface area contributed by atoms with Crippen LogP contribution in [0.5, 0.6) is 0 Å². The van der Waals surface area contributed by atoms with Gasteiger partial charge in [0, 0.05) is 7.05 Å². The van der Waals surface area contributed by atoms with Crippen molar-refractivity contribution < 1.29 is 14.3 Å². The van der Waals surface area contributed by atoms with Gasteiger partial charge < -0.3 is 9.64 Å². The highest BCUT2D eigenvalue weighted by Crippen LogP contribution is 2.37. The van der Waals surface area contributed by atoms with Crippen LogP contribution in [0.15, 0.2) is 11.1 Å². The second-order valence-electron chi connectivity index (χ2n) is 4.35. The second-order valence-corrected chi connectivity index (χ2v) is 5.45. The largest absolute Gasteiger partial charge is 0.463 e. The highest BCUT2D eigenvalue weighted by Gasteiger charge is 2.39. The Morgan fingerprint density at radius 1 is 1.50 bits per heavy atom. The van der Waals surface area contributed by atoms with Crippen LogP contribution < -0.4 is 0 Å². The standard InChI is InChI=1S/C12H18N2O3S/c1-3-17-10(15)8-9-13(2)11(16)12(18-9)14-6-4-5-7-14/h8,12H,3-7H2,1-2H3/b9-8+. The molecule has 0 radical (unpaired) electrons. The van der Waals surface area contributed by atoms with Crippen LogP contribution in [-0.2, 0) is 14.3 Å². The number of hydrogen-bond donors (Lipinski definition) is 0. The van der Waals surface area contributed by atoms with Gasteiger partial charge in [0.1, 0.15) is 5.37 Å². The highest BCUT2D eigenvalue weighted by atomic mass is 32.2. The van der Waals surface area contributed by atoms with E-state index in [1.54, 1.807) is 18.9 Å². The Morgan fingerprint density at radius 3 is 2.78 bits per heavy atom. The summed E-state index contributed by atoms with van der Waals surface area (Å²) in [6.45, 7) is 4.04. The maximum absolute atomic E-state index is 12.1. The topological polar surface area (TPSA) is 49.9 Å². The van der Waals surface area contributed by atoms with Crippen molar-refractivity contribution in [3.63, 3.8) is 0 Å². The molecule has 0 aliphatic carbocycles. The number of hydrogen-bond acceptors (Lipinski definition) is 5. The van der Waals surface area contributed by atoms with Crippen LogP contribution in [0.1, 0.15) is 19.8 Å². The molecule has 0 saturated carbocycles. The minimum Gasteiger partial charge on any atom is -0.463 e. The molecule has 0 aromatic heterocycles. The van der Waals surface area contributed by atoms with E-state index in [-0.39, 0.29) is 17.3 Å². The predicted molar refractivity (Wildman–Crippen MR) is 69.7 cm³/mol. The normalized spacial score (nSPS) is 27.2. The molecule has 2 saturated heterocycles. The zero-order chi connectivity index (χ0) is 13.1. The van der Waals surface area contributed by atoms with Crippen LogP contribution in [0, 0.1) is 0 Å². The fraction of sp³-hybridized carbons (Fsp3) is 0.667. The van der Waals surface area contributed by atoms with Gasteiger partial charge in [-0.15, -0.1) is 0 Å². The Labute approximate surface area is 111 Å². The Hall–Kier alpha value is -1.01. The molecule has 2 heterocycles. The molecule has 0 aromatic rings. The van der Waals surface area contributed by atoms with Gasteiger partial charge >= 0.3 is 5.97 Å². The van der Waals surface area contributed by atoms with Crippen molar-refractivity contribution in [2.45, 2.75) is 25.1 Å². The summed E-state index contributed by atoms with van der Waals surface area (Å²) in [5, 5.41) is 0.508. The van der Waals surface area contributed by atoms with E-state index in [4.69, 9.17) is 4.74 Å². The number of likely N-dealkylation sites (N-methyl/N-ethyl adjacent to an activating group) is 1. The fourth-order valence-electron chi connectivity index (χ4n) is 2.14. The van der Waals surface area contributed by atoms with E-state index in [0.717, 1.165) is 25.9 Å². The monoisotopic (exact) mass is 270 g/mol. The fourth-order valence-corrected chi connectivity index (χ4v) is 3.40. The van der Waals surface area contributed by atoms with Crippen LogP contribution in [0.3, 0.4) is 0 Å². The maximum atomic E-state index is 12.1. The van der Waals surface area contributed by atoms with Gasteiger partial charge in [-0.3, -0.25) is 9.69 Å². The van der Waals surface area contributed by atoms with Crippen LogP contribution in [0.2, 0.25) is 0 Å². The summed E-state index contributed by atoms with van der Waals surface area (Å²) < 4.78 is 4.87. The first-order valence-corrected chi connectivity index (χ1v) is 7.08. The Balaban J connectivity index is 2.06. The minimum absolute atomic E-state index is 0.0532. The second kappa shape index (κ2) is 5.75.